The number of halogens is 3. The van der Waals surface area contributed by atoms with Crippen molar-refractivity contribution in [3.05, 3.63) is 75.1 Å². The summed E-state index contributed by atoms with van der Waals surface area (Å²) in [4.78, 5) is 25.6. The Morgan fingerprint density at radius 1 is 1.07 bits per heavy atom. The Hall–Kier alpha value is -2.77. The molecule has 0 atom stereocenters. The summed E-state index contributed by atoms with van der Waals surface area (Å²) in [6.45, 7) is 1.76. The Kier molecular flexibility index (Phi) is 5.76. The first-order valence-corrected chi connectivity index (χ1v) is 9.26. The number of hydrogen-bond acceptors (Lipinski definition) is 4. The van der Waals surface area contributed by atoms with Crippen LogP contribution in [0, 0.1) is 18.6 Å². The summed E-state index contributed by atoms with van der Waals surface area (Å²) >= 11 is 7.15. The molecule has 0 aliphatic carbocycles. The number of rotatable bonds is 4. The standard InChI is InChI=1S/C20H14ClF2NO3S/c1-10-15(11-5-3-6-12(21)9-11)17(20(26)27-2)19(28-10)24-18(25)16-13(22)7-4-8-14(16)23/h3-9H,1-2H3,(H,24,25). The van der Waals surface area contributed by atoms with E-state index in [0.29, 0.717) is 21.0 Å². The predicted molar refractivity (Wildman–Crippen MR) is 105 cm³/mol. The number of thiophene rings is 1. The van der Waals surface area contributed by atoms with Crippen molar-refractivity contribution >= 4 is 39.8 Å². The fourth-order valence-corrected chi connectivity index (χ4v) is 4.05. The molecular weight excluding hydrogens is 408 g/mol. The largest absolute Gasteiger partial charge is 0.465 e. The van der Waals surface area contributed by atoms with E-state index in [0.717, 1.165) is 29.5 Å². The molecule has 1 aromatic heterocycles. The lowest BCUT2D eigenvalue weighted by molar-refractivity contribution is 0.0603. The summed E-state index contributed by atoms with van der Waals surface area (Å²) in [5.74, 6) is -3.69. The second-order valence-corrected chi connectivity index (χ2v) is 7.45. The maximum Gasteiger partial charge on any atom is 0.341 e. The fraction of sp³-hybridized carbons (Fsp3) is 0.100. The van der Waals surface area contributed by atoms with Gasteiger partial charge in [-0.2, -0.15) is 0 Å². The quantitative estimate of drug-likeness (QED) is 0.550. The number of anilines is 1. The molecule has 2 aromatic carbocycles. The number of carbonyl (C=O) groups excluding carboxylic acids is 2. The Labute approximate surface area is 168 Å². The van der Waals surface area contributed by atoms with Gasteiger partial charge in [-0.25, -0.2) is 13.6 Å². The average Bonchev–Trinajstić information content (AvgIpc) is 2.96. The average molecular weight is 422 g/mol. The predicted octanol–water partition coefficient (Wildman–Crippen LogP) is 5.69. The lowest BCUT2D eigenvalue weighted by Gasteiger charge is -2.09. The number of aryl methyl sites for hydroxylation is 1. The van der Waals surface area contributed by atoms with E-state index >= 15 is 0 Å². The SMILES string of the molecule is COC(=O)c1c(NC(=O)c2c(F)cccc2F)sc(C)c1-c1cccc(Cl)c1. The van der Waals surface area contributed by atoms with Crippen LogP contribution in [0.2, 0.25) is 5.02 Å². The van der Waals surface area contributed by atoms with Crippen LogP contribution in [-0.2, 0) is 4.74 Å². The van der Waals surface area contributed by atoms with Gasteiger partial charge in [0.1, 0.15) is 27.8 Å². The maximum absolute atomic E-state index is 13.9. The molecule has 0 saturated heterocycles. The molecule has 144 valence electrons. The van der Waals surface area contributed by atoms with Gasteiger partial charge in [0.2, 0.25) is 0 Å². The molecule has 1 amide bonds. The van der Waals surface area contributed by atoms with Crippen LogP contribution in [0.1, 0.15) is 25.6 Å². The van der Waals surface area contributed by atoms with Crippen molar-refractivity contribution in [1.29, 1.82) is 0 Å². The van der Waals surface area contributed by atoms with Gasteiger partial charge in [0.15, 0.2) is 0 Å². The number of hydrogen-bond donors (Lipinski definition) is 1. The molecule has 0 radical (unpaired) electrons. The number of nitrogens with one attached hydrogen (secondary N) is 1. The lowest BCUT2D eigenvalue weighted by atomic mass is 10.0. The minimum Gasteiger partial charge on any atom is -0.465 e. The summed E-state index contributed by atoms with van der Waals surface area (Å²) in [6.07, 6.45) is 0. The molecule has 3 aromatic rings. The third-order valence-corrected chi connectivity index (χ3v) is 5.26. The van der Waals surface area contributed by atoms with Gasteiger partial charge in [-0.1, -0.05) is 29.8 Å². The maximum atomic E-state index is 13.9. The van der Waals surface area contributed by atoms with Crippen LogP contribution in [0.25, 0.3) is 11.1 Å². The van der Waals surface area contributed by atoms with E-state index in [9.17, 15) is 18.4 Å². The highest BCUT2D eigenvalue weighted by molar-refractivity contribution is 7.17. The van der Waals surface area contributed by atoms with Crippen molar-refractivity contribution in [2.45, 2.75) is 6.92 Å². The van der Waals surface area contributed by atoms with Gasteiger partial charge in [0.25, 0.3) is 5.91 Å². The summed E-state index contributed by atoms with van der Waals surface area (Å²) in [6, 6.07) is 9.97. The molecule has 0 aliphatic heterocycles. The summed E-state index contributed by atoms with van der Waals surface area (Å²) in [7, 11) is 1.21. The van der Waals surface area contributed by atoms with E-state index in [1.807, 2.05) is 0 Å². The number of benzene rings is 2. The normalized spacial score (nSPS) is 10.6. The zero-order valence-electron chi connectivity index (χ0n) is 14.8. The molecule has 0 fully saturated rings. The Bertz CT molecular complexity index is 1060. The smallest absolute Gasteiger partial charge is 0.341 e. The topological polar surface area (TPSA) is 55.4 Å². The molecular formula is C20H14ClF2NO3S. The number of ether oxygens (including phenoxy) is 1. The van der Waals surface area contributed by atoms with Crippen LogP contribution in [0.15, 0.2) is 42.5 Å². The molecule has 0 unspecified atom stereocenters. The zero-order valence-corrected chi connectivity index (χ0v) is 16.4. The number of esters is 1. The van der Waals surface area contributed by atoms with Gasteiger partial charge in [0.05, 0.1) is 7.11 Å². The lowest BCUT2D eigenvalue weighted by Crippen LogP contribution is -2.17. The van der Waals surface area contributed by atoms with E-state index in [4.69, 9.17) is 16.3 Å². The minimum atomic E-state index is -1.00. The highest BCUT2D eigenvalue weighted by Crippen LogP contribution is 2.41. The van der Waals surface area contributed by atoms with Crippen molar-refractivity contribution in [3.63, 3.8) is 0 Å². The molecule has 0 saturated carbocycles. The van der Waals surface area contributed by atoms with E-state index in [1.54, 1.807) is 31.2 Å². The van der Waals surface area contributed by atoms with Crippen LogP contribution in [-0.4, -0.2) is 19.0 Å². The van der Waals surface area contributed by atoms with Gasteiger partial charge in [-0.05, 0) is 36.8 Å². The molecule has 0 spiro atoms. The molecule has 28 heavy (non-hydrogen) atoms. The Morgan fingerprint density at radius 3 is 2.32 bits per heavy atom. The number of carbonyl (C=O) groups is 2. The Balaban J connectivity index is 2.11. The van der Waals surface area contributed by atoms with Crippen molar-refractivity contribution in [3.8, 4) is 11.1 Å². The molecule has 8 heteroatoms. The van der Waals surface area contributed by atoms with Crippen LogP contribution < -0.4 is 5.32 Å². The highest BCUT2D eigenvalue weighted by atomic mass is 35.5. The zero-order chi connectivity index (χ0) is 20.4. The molecule has 0 aliphatic rings. The molecule has 1 N–H and O–H groups in total. The van der Waals surface area contributed by atoms with Gasteiger partial charge in [-0.15, -0.1) is 11.3 Å². The number of amides is 1. The van der Waals surface area contributed by atoms with Gasteiger partial charge in [-0.3, -0.25) is 4.79 Å². The molecule has 1 heterocycles. The highest BCUT2D eigenvalue weighted by Gasteiger charge is 2.27. The minimum absolute atomic E-state index is 0.0948. The van der Waals surface area contributed by atoms with Crippen LogP contribution in [0.4, 0.5) is 13.8 Å². The molecule has 0 bridgehead atoms. The summed E-state index contributed by atoms with van der Waals surface area (Å²) in [5.41, 5.74) is 0.550. The van der Waals surface area contributed by atoms with Crippen molar-refractivity contribution in [2.24, 2.45) is 0 Å². The van der Waals surface area contributed by atoms with E-state index in [2.05, 4.69) is 5.32 Å². The third-order valence-electron chi connectivity index (χ3n) is 4.00. The molecule has 3 rings (SSSR count). The van der Waals surface area contributed by atoms with E-state index in [-0.39, 0.29) is 10.6 Å². The summed E-state index contributed by atoms with van der Waals surface area (Å²) in [5, 5.41) is 3.04. The van der Waals surface area contributed by atoms with Crippen LogP contribution >= 0.6 is 22.9 Å². The van der Waals surface area contributed by atoms with Crippen molar-refractivity contribution in [1.82, 2.24) is 0 Å². The van der Waals surface area contributed by atoms with Crippen LogP contribution in [0.3, 0.4) is 0 Å². The number of methoxy groups -OCH3 is 1. The second kappa shape index (κ2) is 8.08. The fourth-order valence-electron chi connectivity index (χ4n) is 2.80. The monoisotopic (exact) mass is 421 g/mol. The first kappa shape index (κ1) is 20.0. The Morgan fingerprint density at radius 2 is 1.71 bits per heavy atom. The van der Waals surface area contributed by atoms with Gasteiger partial charge < -0.3 is 10.1 Å². The third kappa shape index (κ3) is 3.76. The first-order chi connectivity index (χ1) is 13.3. The van der Waals surface area contributed by atoms with Crippen molar-refractivity contribution < 1.29 is 23.1 Å². The van der Waals surface area contributed by atoms with Crippen LogP contribution in [0.5, 0.6) is 0 Å². The van der Waals surface area contributed by atoms with E-state index in [1.165, 1.54) is 7.11 Å². The molecule has 4 nitrogen and oxygen atoms in total. The second-order valence-electron chi connectivity index (χ2n) is 5.79. The van der Waals surface area contributed by atoms with Gasteiger partial charge in [0, 0.05) is 15.5 Å². The van der Waals surface area contributed by atoms with E-state index < -0.39 is 29.1 Å². The van der Waals surface area contributed by atoms with Gasteiger partial charge >= 0.3 is 5.97 Å². The first-order valence-electron chi connectivity index (χ1n) is 8.06. The van der Waals surface area contributed by atoms with Crippen molar-refractivity contribution in [2.75, 3.05) is 12.4 Å². The summed E-state index contributed by atoms with van der Waals surface area (Å²) < 4.78 is 32.7.